The van der Waals surface area contributed by atoms with Crippen LogP contribution in [0.5, 0.6) is 0 Å². The van der Waals surface area contributed by atoms with Crippen LogP contribution in [0, 0.1) is 10.1 Å². The Hall–Kier alpha value is -3.03. The molecule has 0 bridgehead atoms. The number of rotatable bonds is 9. The summed E-state index contributed by atoms with van der Waals surface area (Å²) in [5.74, 6) is 0. The molecule has 178 valence electrons. The molecule has 0 unspecified atom stereocenters. The number of aliphatic hydroxyl groups excluding tert-OH is 1. The summed E-state index contributed by atoms with van der Waals surface area (Å²) in [7, 11) is -1.52. The number of aliphatic hydroxyl groups is 1. The molecule has 0 aliphatic heterocycles. The normalized spacial score (nSPS) is 15.9. The first-order valence-corrected chi connectivity index (χ1v) is 12.5. The van der Waals surface area contributed by atoms with Crippen LogP contribution in [0.3, 0.4) is 0 Å². The lowest BCUT2D eigenvalue weighted by atomic mass is 9.93. The highest BCUT2D eigenvalue weighted by Gasteiger charge is 2.57. The maximum absolute atomic E-state index is 14.3. The minimum absolute atomic E-state index is 0.114. The van der Waals surface area contributed by atoms with Crippen molar-refractivity contribution < 1.29 is 23.6 Å². The van der Waals surface area contributed by atoms with Crippen molar-refractivity contribution in [3.8, 4) is 0 Å². The van der Waals surface area contributed by atoms with Gasteiger partial charge in [-0.2, -0.15) is 0 Å². The maximum Gasteiger partial charge on any atom is 0.362 e. The standard InChI is InChI=1S/C25H27N2O6P/c1-32-34(31,33-2)25(20-10-4-3-5-11-20,24(28)19-14-16-21(17-15-19)27(29)30)26-23-13-7-9-18-8-6-12-22(18)23/h3-5,7,9-11,13-17,24,26,28H,6,8,12H2,1-2H3/t24-,25-/m0/s1. The topological polar surface area (TPSA) is 111 Å². The minimum atomic E-state index is -4.08. The Morgan fingerprint density at radius 3 is 2.29 bits per heavy atom. The molecule has 2 N–H and O–H groups in total. The van der Waals surface area contributed by atoms with Gasteiger partial charge in [-0.05, 0) is 59.7 Å². The summed E-state index contributed by atoms with van der Waals surface area (Å²) in [6.45, 7) is 0. The molecule has 0 radical (unpaired) electrons. The summed E-state index contributed by atoms with van der Waals surface area (Å²) in [5.41, 5.74) is 3.72. The molecule has 1 aliphatic rings. The van der Waals surface area contributed by atoms with Crippen LogP contribution >= 0.6 is 7.60 Å². The summed E-state index contributed by atoms with van der Waals surface area (Å²) < 4.78 is 25.3. The van der Waals surface area contributed by atoms with E-state index in [0.29, 0.717) is 11.1 Å². The fourth-order valence-electron chi connectivity index (χ4n) is 4.69. The second-order valence-electron chi connectivity index (χ2n) is 8.17. The number of nitrogens with one attached hydrogen (secondary N) is 1. The zero-order valence-electron chi connectivity index (χ0n) is 19.0. The molecule has 1 aliphatic carbocycles. The second kappa shape index (κ2) is 9.68. The van der Waals surface area contributed by atoms with E-state index in [0.717, 1.165) is 30.5 Å². The highest BCUT2D eigenvalue weighted by atomic mass is 31.2. The minimum Gasteiger partial charge on any atom is -0.385 e. The van der Waals surface area contributed by atoms with Crippen molar-refractivity contribution in [2.24, 2.45) is 0 Å². The van der Waals surface area contributed by atoms with Gasteiger partial charge in [-0.15, -0.1) is 0 Å². The molecule has 0 fully saturated rings. The van der Waals surface area contributed by atoms with Gasteiger partial charge < -0.3 is 19.5 Å². The van der Waals surface area contributed by atoms with Gasteiger partial charge in [0.25, 0.3) is 5.69 Å². The molecule has 3 aromatic rings. The third-order valence-electron chi connectivity index (χ3n) is 6.41. The molecule has 0 heterocycles. The molecule has 3 aromatic carbocycles. The second-order valence-corrected chi connectivity index (χ2v) is 10.6. The highest BCUT2D eigenvalue weighted by Crippen LogP contribution is 2.68. The Kier molecular flexibility index (Phi) is 6.86. The summed E-state index contributed by atoms with van der Waals surface area (Å²) in [6, 6.07) is 20.3. The first kappa shape index (κ1) is 24.1. The van der Waals surface area contributed by atoms with Crippen LogP contribution in [0.15, 0.2) is 72.8 Å². The van der Waals surface area contributed by atoms with E-state index in [-0.39, 0.29) is 5.69 Å². The molecule has 4 rings (SSSR count). The lowest BCUT2D eigenvalue weighted by Gasteiger charge is -2.43. The zero-order chi connectivity index (χ0) is 24.3. The SMILES string of the molecule is COP(=O)(OC)[C@@](Nc1cccc2c1CCC2)(c1ccccc1)[C@@H](O)c1ccc([N+](=O)[O-])cc1. The van der Waals surface area contributed by atoms with Crippen LogP contribution < -0.4 is 5.32 Å². The summed E-state index contributed by atoms with van der Waals surface area (Å²) in [6.07, 6.45) is 1.35. The Morgan fingerprint density at radius 2 is 1.68 bits per heavy atom. The number of fused-ring (bicyclic) bond motifs is 1. The van der Waals surface area contributed by atoms with Crippen LogP contribution in [0.4, 0.5) is 11.4 Å². The van der Waals surface area contributed by atoms with Crippen molar-refractivity contribution in [1.82, 2.24) is 0 Å². The zero-order valence-corrected chi connectivity index (χ0v) is 19.9. The number of hydrogen-bond donors (Lipinski definition) is 2. The number of nitrogens with zero attached hydrogens (tertiary/aromatic N) is 1. The van der Waals surface area contributed by atoms with E-state index in [9.17, 15) is 19.8 Å². The molecular formula is C25H27N2O6P. The molecule has 9 heteroatoms. The van der Waals surface area contributed by atoms with Gasteiger partial charge in [-0.3, -0.25) is 14.7 Å². The number of non-ortho nitro benzene ring substituents is 1. The smallest absolute Gasteiger partial charge is 0.362 e. The molecule has 2 atom stereocenters. The van der Waals surface area contributed by atoms with Crippen molar-refractivity contribution in [3.05, 3.63) is 105 Å². The number of aryl methyl sites for hydroxylation is 1. The van der Waals surface area contributed by atoms with Gasteiger partial charge in [0.1, 0.15) is 6.10 Å². The van der Waals surface area contributed by atoms with Crippen LogP contribution in [0.2, 0.25) is 0 Å². The lowest BCUT2D eigenvalue weighted by Crippen LogP contribution is -2.42. The van der Waals surface area contributed by atoms with E-state index in [1.165, 1.54) is 44.0 Å². The first-order chi connectivity index (χ1) is 16.4. The van der Waals surface area contributed by atoms with E-state index in [4.69, 9.17) is 9.05 Å². The van der Waals surface area contributed by atoms with Crippen molar-refractivity contribution in [1.29, 1.82) is 0 Å². The molecule has 0 aromatic heterocycles. The number of anilines is 1. The van der Waals surface area contributed by atoms with E-state index < -0.39 is 23.9 Å². The predicted molar refractivity (Wildman–Crippen MR) is 130 cm³/mol. The molecular weight excluding hydrogens is 455 g/mol. The number of hydrogen-bond acceptors (Lipinski definition) is 7. The molecule has 0 spiro atoms. The Labute approximate surface area is 198 Å². The Balaban J connectivity index is 1.96. The van der Waals surface area contributed by atoms with E-state index in [1.807, 2.05) is 18.2 Å². The number of nitro groups is 1. The first-order valence-electron chi connectivity index (χ1n) is 10.9. The third-order valence-corrected chi connectivity index (χ3v) is 8.85. The summed E-state index contributed by atoms with van der Waals surface area (Å²) >= 11 is 0. The quantitative estimate of drug-likeness (QED) is 0.233. The molecule has 0 amide bonds. The van der Waals surface area contributed by atoms with E-state index >= 15 is 0 Å². The van der Waals surface area contributed by atoms with Gasteiger partial charge >= 0.3 is 7.60 Å². The predicted octanol–water partition coefficient (Wildman–Crippen LogP) is 5.57. The van der Waals surface area contributed by atoms with Gasteiger partial charge in [0.05, 0.1) is 4.92 Å². The van der Waals surface area contributed by atoms with Crippen molar-refractivity contribution in [2.45, 2.75) is 30.6 Å². The lowest BCUT2D eigenvalue weighted by molar-refractivity contribution is -0.384. The van der Waals surface area contributed by atoms with Crippen LogP contribution in [0.25, 0.3) is 0 Å². The van der Waals surface area contributed by atoms with Gasteiger partial charge in [0.15, 0.2) is 5.28 Å². The summed E-state index contributed by atoms with van der Waals surface area (Å²) in [4.78, 5) is 10.6. The molecule has 0 saturated carbocycles. The van der Waals surface area contributed by atoms with E-state index in [1.54, 1.807) is 24.3 Å². The molecule has 0 saturated heterocycles. The fraction of sp³-hybridized carbons (Fsp3) is 0.280. The largest absolute Gasteiger partial charge is 0.385 e. The van der Waals surface area contributed by atoms with E-state index in [2.05, 4.69) is 11.4 Å². The average molecular weight is 482 g/mol. The van der Waals surface area contributed by atoms with Crippen molar-refractivity contribution in [3.63, 3.8) is 0 Å². The van der Waals surface area contributed by atoms with Crippen LogP contribution in [-0.2, 0) is 31.7 Å². The monoisotopic (exact) mass is 482 g/mol. The van der Waals surface area contributed by atoms with Gasteiger partial charge in [0.2, 0.25) is 0 Å². The van der Waals surface area contributed by atoms with Gasteiger partial charge in [-0.1, -0.05) is 42.5 Å². The Bertz CT molecular complexity index is 1210. The van der Waals surface area contributed by atoms with Gasteiger partial charge in [0, 0.05) is 32.0 Å². The van der Waals surface area contributed by atoms with Gasteiger partial charge in [-0.25, -0.2) is 0 Å². The molecule has 8 nitrogen and oxygen atoms in total. The fourth-order valence-corrected chi connectivity index (χ4v) is 6.59. The van der Waals surface area contributed by atoms with Crippen molar-refractivity contribution in [2.75, 3.05) is 19.5 Å². The highest BCUT2D eigenvalue weighted by molar-refractivity contribution is 7.55. The summed E-state index contributed by atoms with van der Waals surface area (Å²) in [5, 5.41) is 24.7. The number of nitro benzene ring substituents is 1. The average Bonchev–Trinajstić information content (AvgIpc) is 3.37. The van der Waals surface area contributed by atoms with Crippen molar-refractivity contribution >= 4 is 19.0 Å². The van der Waals surface area contributed by atoms with Crippen LogP contribution in [-0.4, -0.2) is 24.2 Å². The Morgan fingerprint density at radius 1 is 1.00 bits per heavy atom. The van der Waals surface area contributed by atoms with Crippen LogP contribution in [0.1, 0.15) is 34.8 Å². The number of benzene rings is 3. The maximum atomic E-state index is 14.3. The molecule has 34 heavy (non-hydrogen) atoms. The third kappa shape index (κ3) is 4.03.